The lowest BCUT2D eigenvalue weighted by molar-refractivity contribution is -0.0249. The van der Waals surface area contributed by atoms with Gasteiger partial charge in [0, 0.05) is 31.2 Å². The van der Waals surface area contributed by atoms with Crippen LogP contribution in [0.1, 0.15) is 46.9 Å². The topological polar surface area (TPSA) is 73.1 Å². The molecule has 0 aliphatic carbocycles. The lowest BCUT2D eigenvalue weighted by atomic mass is 10.1. The van der Waals surface area contributed by atoms with Crippen molar-refractivity contribution in [2.45, 2.75) is 39.8 Å². The zero-order valence-electron chi connectivity index (χ0n) is 14.4. The molecule has 128 valence electrons. The predicted molar refractivity (Wildman–Crippen MR) is 88.6 cm³/mol. The number of amides is 1. The van der Waals surface area contributed by atoms with Crippen molar-refractivity contribution in [3.8, 4) is 0 Å². The van der Waals surface area contributed by atoms with Gasteiger partial charge in [-0.15, -0.1) is 0 Å². The van der Waals surface area contributed by atoms with E-state index < -0.39 is 0 Å². The van der Waals surface area contributed by atoms with Gasteiger partial charge in [-0.1, -0.05) is 6.92 Å². The molecule has 3 rings (SSSR count). The van der Waals surface area contributed by atoms with Crippen LogP contribution in [-0.4, -0.2) is 50.3 Å². The van der Waals surface area contributed by atoms with Gasteiger partial charge in [0.1, 0.15) is 6.10 Å². The van der Waals surface area contributed by atoms with Crippen molar-refractivity contribution in [1.29, 1.82) is 0 Å². The molecule has 0 unspecified atom stereocenters. The summed E-state index contributed by atoms with van der Waals surface area (Å²) in [4.78, 5) is 23.2. The summed E-state index contributed by atoms with van der Waals surface area (Å²) in [5.74, 6) is 0.0181. The van der Waals surface area contributed by atoms with Gasteiger partial charge in [0.15, 0.2) is 0 Å². The highest BCUT2D eigenvalue weighted by atomic mass is 16.5. The van der Waals surface area contributed by atoms with Crippen molar-refractivity contribution in [3.63, 3.8) is 0 Å². The Morgan fingerprint density at radius 1 is 1.38 bits per heavy atom. The highest BCUT2D eigenvalue weighted by Gasteiger charge is 2.30. The molecule has 0 radical (unpaired) electrons. The number of carbonyl (C=O) groups is 1. The Kier molecular flexibility index (Phi) is 4.89. The van der Waals surface area contributed by atoms with E-state index in [1.165, 1.54) is 0 Å². The predicted octanol–water partition coefficient (Wildman–Crippen LogP) is 1.91. The second kappa shape index (κ2) is 7.09. The Bertz CT molecular complexity index is 713. The number of hydrogen-bond acceptors (Lipinski definition) is 5. The van der Waals surface area contributed by atoms with E-state index in [0.29, 0.717) is 25.3 Å². The maximum absolute atomic E-state index is 13.0. The number of ether oxygens (including phenoxy) is 1. The van der Waals surface area contributed by atoms with Gasteiger partial charge in [0.2, 0.25) is 0 Å². The number of hydrogen-bond donors (Lipinski definition) is 0. The molecule has 0 saturated carbocycles. The third-order valence-electron chi connectivity index (χ3n) is 4.30. The van der Waals surface area contributed by atoms with Crippen LogP contribution in [0.25, 0.3) is 0 Å². The molecule has 7 nitrogen and oxygen atoms in total. The van der Waals surface area contributed by atoms with E-state index in [0.717, 1.165) is 30.0 Å². The van der Waals surface area contributed by atoms with Crippen LogP contribution in [0.15, 0.2) is 18.6 Å². The molecule has 2 aromatic heterocycles. The first kappa shape index (κ1) is 16.6. The number of morpholine rings is 1. The third-order valence-corrected chi connectivity index (χ3v) is 4.30. The van der Waals surface area contributed by atoms with Crippen LogP contribution in [0.4, 0.5) is 0 Å². The standard InChI is InChI=1S/C17H23N5O2/c1-4-7-22-13(3)16(12(2)20-22)17(23)21-8-9-24-15(11-21)14-10-18-5-6-19-14/h5-6,10,15H,4,7-9,11H2,1-3H3/t15-/m1/s1. The SMILES string of the molecule is CCCn1nc(C)c(C(=O)N2CCO[C@@H](c3cnccn3)C2)c1C. The van der Waals surface area contributed by atoms with Gasteiger partial charge < -0.3 is 9.64 Å². The summed E-state index contributed by atoms with van der Waals surface area (Å²) in [5.41, 5.74) is 3.18. The Hall–Kier alpha value is -2.28. The van der Waals surface area contributed by atoms with E-state index in [-0.39, 0.29) is 12.0 Å². The van der Waals surface area contributed by atoms with E-state index >= 15 is 0 Å². The summed E-state index contributed by atoms with van der Waals surface area (Å²) in [5, 5.41) is 4.51. The largest absolute Gasteiger partial charge is 0.368 e. The lowest BCUT2D eigenvalue weighted by Crippen LogP contribution is -2.42. The zero-order chi connectivity index (χ0) is 17.1. The fraction of sp³-hybridized carbons (Fsp3) is 0.529. The van der Waals surface area contributed by atoms with Crippen LogP contribution in [0.2, 0.25) is 0 Å². The lowest BCUT2D eigenvalue weighted by Gasteiger charge is -2.32. The number of carbonyl (C=O) groups excluding carboxylic acids is 1. The minimum Gasteiger partial charge on any atom is -0.368 e. The number of aromatic nitrogens is 4. The second-order valence-corrected chi connectivity index (χ2v) is 6.01. The minimum absolute atomic E-state index is 0.0181. The van der Waals surface area contributed by atoms with E-state index in [4.69, 9.17) is 4.74 Å². The molecule has 1 saturated heterocycles. The normalized spacial score (nSPS) is 18.0. The first-order valence-corrected chi connectivity index (χ1v) is 8.32. The van der Waals surface area contributed by atoms with E-state index in [1.54, 1.807) is 18.6 Å². The number of aryl methyl sites for hydroxylation is 2. The molecule has 1 aliphatic heterocycles. The fourth-order valence-electron chi connectivity index (χ4n) is 3.08. The molecule has 0 aromatic carbocycles. The van der Waals surface area contributed by atoms with Gasteiger partial charge in [-0.2, -0.15) is 5.10 Å². The molecular formula is C17H23N5O2. The molecule has 1 fully saturated rings. The Morgan fingerprint density at radius 2 is 2.21 bits per heavy atom. The smallest absolute Gasteiger partial charge is 0.257 e. The summed E-state index contributed by atoms with van der Waals surface area (Å²) < 4.78 is 7.69. The van der Waals surface area contributed by atoms with E-state index in [2.05, 4.69) is 22.0 Å². The Balaban J connectivity index is 1.80. The Morgan fingerprint density at radius 3 is 2.92 bits per heavy atom. The third kappa shape index (κ3) is 3.17. The highest BCUT2D eigenvalue weighted by Crippen LogP contribution is 2.23. The van der Waals surface area contributed by atoms with Crippen LogP contribution in [0.5, 0.6) is 0 Å². The van der Waals surface area contributed by atoms with Gasteiger partial charge in [0.25, 0.3) is 5.91 Å². The van der Waals surface area contributed by atoms with E-state index in [1.807, 2.05) is 23.4 Å². The highest BCUT2D eigenvalue weighted by molar-refractivity contribution is 5.96. The van der Waals surface area contributed by atoms with Crippen molar-refractivity contribution in [2.24, 2.45) is 0 Å². The molecule has 1 atom stereocenters. The summed E-state index contributed by atoms with van der Waals surface area (Å²) in [6, 6.07) is 0. The average Bonchev–Trinajstić information content (AvgIpc) is 2.89. The monoisotopic (exact) mass is 329 g/mol. The van der Waals surface area contributed by atoms with Gasteiger partial charge in [-0.05, 0) is 20.3 Å². The summed E-state index contributed by atoms with van der Waals surface area (Å²) in [6.45, 7) is 8.34. The second-order valence-electron chi connectivity index (χ2n) is 6.01. The number of nitrogens with zero attached hydrogens (tertiary/aromatic N) is 5. The molecular weight excluding hydrogens is 306 g/mol. The fourth-order valence-corrected chi connectivity index (χ4v) is 3.08. The molecule has 1 aliphatic rings. The first-order valence-electron chi connectivity index (χ1n) is 8.32. The first-order chi connectivity index (χ1) is 11.6. The van der Waals surface area contributed by atoms with Crippen molar-refractivity contribution >= 4 is 5.91 Å². The van der Waals surface area contributed by atoms with Crippen molar-refractivity contribution in [1.82, 2.24) is 24.6 Å². The molecule has 0 bridgehead atoms. The summed E-state index contributed by atoms with van der Waals surface area (Å²) >= 11 is 0. The quantitative estimate of drug-likeness (QED) is 0.857. The maximum atomic E-state index is 13.0. The van der Waals surface area contributed by atoms with Gasteiger partial charge >= 0.3 is 0 Å². The zero-order valence-corrected chi connectivity index (χ0v) is 14.4. The molecule has 2 aromatic rings. The minimum atomic E-state index is -0.234. The van der Waals surface area contributed by atoms with Crippen molar-refractivity contribution in [3.05, 3.63) is 41.2 Å². The van der Waals surface area contributed by atoms with Crippen LogP contribution < -0.4 is 0 Å². The van der Waals surface area contributed by atoms with Crippen LogP contribution >= 0.6 is 0 Å². The van der Waals surface area contributed by atoms with E-state index in [9.17, 15) is 4.79 Å². The van der Waals surface area contributed by atoms with Gasteiger partial charge in [0.05, 0.1) is 36.3 Å². The van der Waals surface area contributed by atoms with Crippen LogP contribution in [0, 0.1) is 13.8 Å². The average molecular weight is 329 g/mol. The Labute approximate surface area is 141 Å². The molecule has 7 heteroatoms. The van der Waals surface area contributed by atoms with Crippen molar-refractivity contribution < 1.29 is 9.53 Å². The van der Waals surface area contributed by atoms with Gasteiger partial charge in [-0.25, -0.2) is 0 Å². The maximum Gasteiger partial charge on any atom is 0.257 e. The van der Waals surface area contributed by atoms with Gasteiger partial charge in [-0.3, -0.25) is 19.4 Å². The number of rotatable bonds is 4. The van der Waals surface area contributed by atoms with Crippen molar-refractivity contribution in [2.75, 3.05) is 19.7 Å². The molecule has 24 heavy (non-hydrogen) atoms. The summed E-state index contributed by atoms with van der Waals surface area (Å²) in [7, 11) is 0. The molecule has 0 spiro atoms. The molecule has 0 N–H and O–H groups in total. The van der Waals surface area contributed by atoms with Crippen LogP contribution in [0.3, 0.4) is 0 Å². The summed E-state index contributed by atoms with van der Waals surface area (Å²) in [6.07, 6.45) is 5.71. The molecule has 1 amide bonds. The molecule has 3 heterocycles. The van der Waals surface area contributed by atoms with Crippen LogP contribution in [-0.2, 0) is 11.3 Å².